The van der Waals surface area contributed by atoms with E-state index in [1.54, 1.807) is 0 Å². The predicted molar refractivity (Wildman–Crippen MR) is 109 cm³/mol. The number of carbonyl (C=O) groups excluding carboxylic acids is 1. The number of carbonyl (C=O) groups is 1. The normalized spacial score (nSPS) is 14.2. The van der Waals surface area contributed by atoms with Crippen molar-refractivity contribution in [2.45, 2.75) is 26.2 Å². The van der Waals surface area contributed by atoms with Crippen molar-refractivity contribution in [3.05, 3.63) is 62.8 Å². The van der Waals surface area contributed by atoms with Crippen LogP contribution in [0, 0.1) is 17.0 Å². The molecule has 7 nitrogen and oxygen atoms in total. The zero-order valence-corrected chi connectivity index (χ0v) is 16.6. The molecule has 0 bridgehead atoms. The largest absolute Gasteiger partial charge is 0.353 e. The molecule has 0 radical (unpaired) electrons. The van der Waals surface area contributed by atoms with Crippen LogP contribution < -0.4 is 4.90 Å². The predicted octanol–water partition coefficient (Wildman–Crippen LogP) is 3.62. The molecule has 1 aromatic carbocycles. The van der Waals surface area contributed by atoms with Gasteiger partial charge in [0, 0.05) is 43.7 Å². The highest BCUT2D eigenvalue weighted by molar-refractivity contribution is 6.30. The van der Waals surface area contributed by atoms with Gasteiger partial charge >= 0.3 is 0 Å². The molecule has 3 rings (SSSR count). The maximum absolute atomic E-state index is 12.5. The van der Waals surface area contributed by atoms with Crippen molar-refractivity contribution in [2.75, 3.05) is 31.1 Å². The first-order valence-electron chi connectivity index (χ1n) is 9.32. The van der Waals surface area contributed by atoms with Crippen molar-refractivity contribution in [1.29, 1.82) is 0 Å². The summed E-state index contributed by atoms with van der Waals surface area (Å²) in [7, 11) is 0. The lowest BCUT2D eigenvalue weighted by Gasteiger charge is -2.36. The Hall–Kier alpha value is -2.67. The fraction of sp³-hybridized carbons (Fsp3) is 0.400. The van der Waals surface area contributed by atoms with Crippen molar-refractivity contribution in [1.82, 2.24) is 9.88 Å². The standard InChI is InChI=1S/C20H23ClN4O3/c1-15-13-18(25(27)28)14-22-20(15)24-11-9-23(10-12-24)19(26)4-2-3-16-5-7-17(21)8-6-16/h5-8,13-14H,2-4,9-12H2,1H3. The van der Waals surface area contributed by atoms with E-state index in [-0.39, 0.29) is 11.6 Å². The van der Waals surface area contributed by atoms with Crippen LogP contribution in [-0.2, 0) is 11.2 Å². The minimum absolute atomic E-state index is 0.00393. The number of nitrogens with zero attached hydrogens (tertiary/aromatic N) is 4. The molecular formula is C20H23ClN4O3. The number of anilines is 1. The molecule has 1 saturated heterocycles. The topological polar surface area (TPSA) is 79.6 Å². The molecule has 1 fully saturated rings. The first kappa shape index (κ1) is 20.1. The lowest BCUT2D eigenvalue weighted by molar-refractivity contribution is -0.385. The Morgan fingerprint density at radius 2 is 1.89 bits per heavy atom. The Labute approximate surface area is 169 Å². The Balaban J connectivity index is 1.47. The number of hydrogen-bond donors (Lipinski definition) is 0. The molecule has 0 aliphatic carbocycles. The minimum atomic E-state index is -0.440. The first-order valence-corrected chi connectivity index (χ1v) is 9.70. The molecule has 1 amide bonds. The van der Waals surface area contributed by atoms with Crippen molar-refractivity contribution in [3.8, 4) is 0 Å². The van der Waals surface area contributed by atoms with Crippen LogP contribution in [0.25, 0.3) is 0 Å². The molecule has 148 valence electrons. The molecule has 1 aromatic heterocycles. The highest BCUT2D eigenvalue weighted by Gasteiger charge is 2.23. The summed E-state index contributed by atoms with van der Waals surface area (Å²) in [4.78, 5) is 31.1. The van der Waals surface area contributed by atoms with E-state index in [1.165, 1.54) is 17.8 Å². The third kappa shape index (κ3) is 4.98. The molecule has 2 heterocycles. The van der Waals surface area contributed by atoms with Gasteiger partial charge in [-0.25, -0.2) is 4.98 Å². The van der Waals surface area contributed by atoms with Gasteiger partial charge in [0.1, 0.15) is 12.0 Å². The number of rotatable bonds is 6. The van der Waals surface area contributed by atoms with Crippen LogP contribution in [0.4, 0.5) is 11.5 Å². The fourth-order valence-corrected chi connectivity index (χ4v) is 3.53. The number of nitro groups is 1. The van der Waals surface area contributed by atoms with E-state index < -0.39 is 4.92 Å². The fourth-order valence-electron chi connectivity index (χ4n) is 3.40. The van der Waals surface area contributed by atoms with E-state index >= 15 is 0 Å². The lowest BCUT2D eigenvalue weighted by atomic mass is 10.1. The zero-order valence-electron chi connectivity index (χ0n) is 15.8. The van der Waals surface area contributed by atoms with Crippen LogP contribution in [0.1, 0.15) is 24.0 Å². The van der Waals surface area contributed by atoms with Crippen molar-refractivity contribution >= 4 is 29.0 Å². The smallest absolute Gasteiger partial charge is 0.287 e. The van der Waals surface area contributed by atoms with Crippen LogP contribution in [0.2, 0.25) is 5.02 Å². The summed E-state index contributed by atoms with van der Waals surface area (Å²) in [6, 6.07) is 9.26. The third-order valence-corrected chi connectivity index (χ3v) is 5.20. The number of amides is 1. The first-order chi connectivity index (χ1) is 13.4. The second-order valence-corrected chi connectivity index (χ2v) is 7.38. The second-order valence-electron chi connectivity index (χ2n) is 6.94. The number of hydrogen-bond acceptors (Lipinski definition) is 5. The molecular weight excluding hydrogens is 380 g/mol. The Morgan fingerprint density at radius 3 is 2.50 bits per heavy atom. The van der Waals surface area contributed by atoms with Crippen LogP contribution in [-0.4, -0.2) is 46.9 Å². The van der Waals surface area contributed by atoms with Gasteiger partial charge in [0.2, 0.25) is 5.91 Å². The molecule has 1 aliphatic rings. The maximum atomic E-state index is 12.5. The summed E-state index contributed by atoms with van der Waals surface area (Å²) in [5.41, 5.74) is 1.95. The summed E-state index contributed by atoms with van der Waals surface area (Å²) in [6.07, 6.45) is 3.48. The van der Waals surface area contributed by atoms with Gasteiger partial charge in [0.05, 0.1) is 4.92 Å². The molecule has 28 heavy (non-hydrogen) atoms. The summed E-state index contributed by atoms with van der Waals surface area (Å²) < 4.78 is 0. The Kier molecular flexibility index (Phi) is 6.46. The molecule has 0 spiro atoms. The zero-order chi connectivity index (χ0) is 20.1. The van der Waals surface area contributed by atoms with Crippen LogP contribution in [0.3, 0.4) is 0 Å². The summed E-state index contributed by atoms with van der Waals surface area (Å²) >= 11 is 5.89. The summed E-state index contributed by atoms with van der Waals surface area (Å²) in [6.45, 7) is 4.45. The Morgan fingerprint density at radius 1 is 1.21 bits per heavy atom. The lowest BCUT2D eigenvalue weighted by Crippen LogP contribution is -2.49. The number of aromatic nitrogens is 1. The van der Waals surface area contributed by atoms with Crippen LogP contribution in [0.5, 0.6) is 0 Å². The van der Waals surface area contributed by atoms with Gasteiger partial charge in [-0.1, -0.05) is 23.7 Å². The van der Waals surface area contributed by atoms with E-state index in [0.29, 0.717) is 32.6 Å². The van der Waals surface area contributed by atoms with Crippen molar-refractivity contribution in [3.63, 3.8) is 0 Å². The highest BCUT2D eigenvalue weighted by atomic mass is 35.5. The number of benzene rings is 1. The number of halogens is 1. The van der Waals surface area contributed by atoms with Gasteiger partial charge in [-0.15, -0.1) is 0 Å². The molecule has 8 heteroatoms. The molecule has 2 aromatic rings. The van der Waals surface area contributed by atoms with Gasteiger partial charge < -0.3 is 9.80 Å². The monoisotopic (exact) mass is 402 g/mol. The van der Waals surface area contributed by atoms with Crippen molar-refractivity contribution < 1.29 is 9.72 Å². The van der Waals surface area contributed by atoms with Crippen LogP contribution in [0.15, 0.2) is 36.5 Å². The highest BCUT2D eigenvalue weighted by Crippen LogP contribution is 2.23. The molecule has 0 atom stereocenters. The van der Waals surface area contributed by atoms with Gasteiger partial charge in [0.25, 0.3) is 5.69 Å². The van der Waals surface area contributed by atoms with E-state index in [2.05, 4.69) is 9.88 Å². The van der Waals surface area contributed by atoms with E-state index in [0.717, 1.165) is 29.2 Å². The van der Waals surface area contributed by atoms with E-state index in [9.17, 15) is 14.9 Å². The molecule has 0 saturated carbocycles. The van der Waals surface area contributed by atoms with Crippen LogP contribution >= 0.6 is 11.6 Å². The summed E-state index contributed by atoms with van der Waals surface area (Å²) in [5, 5.41) is 11.6. The van der Waals surface area contributed by atoms with Gasteiger partial charge in [0.15, 0.2) is 0 Å². The maximum Gasteiger partial charge on any atom is 0.287 e. The average Bonchev–Trinajstić information content (AvgIpc) is 2.69. The third-order valence-electron chi connectivity index (χ3n) is 4.95. The second kappa shape index (κ2) is 9.01. The van der Waals surface area contributed by atoms with Gasteiger partial charge in [-0.05, 0) is 43.0 Å². The number of piperazine rings is 1. The van der Waals surface area contributed by atoms with Gasteiger partial charge in [-0.2, -0.15) is 0 Å². The average molecular weight is 403 g/mol. The van der Waals surface area contributed by atoms with E-state index in [4.69, 9.17) is 11.6 Å². The molecule has 0 unspecified atom stereocenters. The number of pyridine rings is 1. The Bertz CT molecular complexity index is 849. The minimum Gasteiger partial charge on any atom is -0.353 e. The van der Waals surface area contributed by atoms with Crippen molar-refractivity contribution in [2.24, 2.45) is 0 Å². The summed E-state index contributed by atoms with van der Waals surface area (Å²) in [5.74, 6) is 0.919. The molecule has 1 aliphatic heterocycles. The quantitative estimate of drug-likeness (QED) is 0.544. The SMILES string of the molecule is Cc1cc([N+](=O)[O-])cnc1N1CCN(C(=O)CCCc2ccc(Cl)cc2)CC1. The molecule has 0 N–H and O–H groups in total. The van der Waals surface area contributed by atoms with Gasteiger partial charge in [-0.3, -0.25) is 14.9 Å². The van der Waals surface area contributed by atoms with E-state index in [1.807, 2.05) is 36.1 Å². The number of aryl methyl sites for hydroxylation is 2.